The van der Waals surface area contributed by atoms with E-state index in [9.17, 15) is 4.79 Å². The summed E-state index contributed by atoms with van der Waals surface area (Å²) in [5.74, 6) is 5.70. The van der Waals surface area contributed by atoms with Crippen molar-refractivity contribution in [2.75, 3.05) is 63.5 Å². The zero-order chi connectivity index (χ0) is 35.7. The first-order valence-electron chi connectivity index (χ1n) is 16.0. The van der Waals surface area contributed by atoms with Crippen LogP contribution in [-0.4, -0.2) is 69.5 Å². The molecular weight excluding hydrogens is 616 g/mol. The van der Waals surface area contributed by atoms with Crippen molar-refractivity contribution in [3.63, 3.8) is 0 Å². The van der Waals surface area contributed by atoms with E-state index in [1.165, 1.54) is 25.3 Å². The van der Waals surface area contributed by atoms with Gasteiger partial charge in [0.15, 0.2) is 23.0 Å². The van der Waals surface area contributed by atoms with Crippen LogP contribution in [0.3, 0.4) is 0 Å². The molecule has 0 saturated heterocycles. The number of esters is 1. The van der Waals surface area contributed by atoms with Gasteiger partial charge in [0.2, 0.25) is 0 Å². The van der Waals surface area contributed by atoms with Crippen LogP contribution in [0.25, 0.3) is 0 Å². The van der Waals surface area contributed by atoms with E-state index in [0.29, 0.717) is 24.9 Å². The van der Waals surface area contributed by atoms with Crippen LogP contribution in [0.15, 0.2) is 60.7 Å². The molecule has 3 aromatic rings. The Morgan fingerprint density at radius 1 is 0.542 bits per heavy atom. The van der Waals surface area contributed by atoms with Crippen LogP contribution in [0.1, 0.15) is 50.7 Å². The van der Waals surface area contributed by atoms with E-state index in [4.69, 9.17) is 28.4 Å². The van der Waals surface area contributed by atoms with Gasteiger partial charge in [-0.05, 0) is 97.2 Å². The number of carbonyl (C=O) groups excluding carboxylic acids is 1. The molecule has 0 fully saturated rings. The Kier molecular flexibility index (Phi) is 21.8. The summed E-state index contributed by atoms with van der Waals surface area (Å²) < 4.78 is 35.9. The van der Waals surface area contributed by atoms with Crippen molar-refractivity contribution >= 4 is 5.97 Å². The zero-order valence-corrected chi connectivity index (χ0v) is 30.5. The summed E-state index contributed by atoms with van der Waals surface area (Å²) in [6.07, 6.45) is 5.19. The van der Waals surface area contributed by atoms with Gasteiger partial charge in [0.05, 0.1) is 63.5 Å². The van der Waals surface area contributed by atoms with Gasteiger partial charge in [0.25, 0.3) is 0 Å². The Balaban J connectivity index is 0.000000431. The summed E-state index contributed by atoms with van der Waals surface area (Å²) in [4.78, 5) is 19.7. The second-order valence-corrected chi connectivity index (χ2v) is 11.0. The number of ether oxygens (including phenoxy) is 7. The molecule has 2 atom stereocenters. The summed E-state index contributed by atoms with van der Waals surface area (Å²) in [6.45, 7) is 5.17. The second-order valence-electron chi connectivity index (χ2n) is 11.0. The van der Waals surface area contributed by atoms with Crippen molar-refractivity contribution in [3.8, 4) is 34.5 Å². The molecule has 48 heavy (non-hydrogen) atoms. The number of hydrogen-bond donors (Lipinski definition) is 0. The van der Waals surface area contributed by atoms with Gasteiger partial charge in [0, 0.05) is 6.42 Å². The van der Waals surface area contributed by atoms with E-state index >= 15 is 0 Å². The predicted octanol–water partition coefficient (Wildman–Crippen LogP) is 7.78. The van der Waals surface area contributed by atoms with Gasteiger partial charge >= 0.3 is 5.97 Å². The summed E-state index contributed by atoms with van der Waals surface area (Å²) in [6, 6.07) is 19.7. The van der Waals surface area contributed by atoms with E-state index in [0.717, 1.165) is 66.6 Å². The minimum Gasteiger partial charge on any atom is -0.497 e. The molecule has 2 unspecified atom stereocenters. The molecule has 0 aliphatic heterocycles. The molecule has 0 radical (unpaired) electrons. The fourth-order valence-electron chi connectivity index (χ4n) is 4.67. The predicted molar refractivity (Wildman–Crippen MR) is 188 cm³/mol. The third kappa shape index (κ3) is 16.1. The number of rotatable bonds is 18. The molecule has 0 bridgehead atoms. The quantitative estimate of drug-likeness (QED) is 0.0576. The van der Waals surface area contributed by atoms with Gasteiger partial charge in [0.1, 0.15) is 11.5 Å². The molecule has 10 nitrogen and oxygen atoms in total. The van der Waals surface area contributed by atoms with Gasteiger partial charge < -0.3 is 33.2 Å². The lowest BCUT2D eigenvalue weighted by Gasteiger charge is -2.21. The molecule has 0 N–H and O–H groups in total. The van der Waals surface area contributed by atoms with Crippen LogP contribution >= 0.6 is 0 Å². The molecule has 3 aromatic carbocycles. The Bertz CT molecular complexity index is 1190. The third-order valence-electron chi connectivity index (χ3n) is 7.73. The monoisotopic (exact) mass is 672 g/mol. The van der Waals surface area contributed by atoms with Crippen molar-refractivity contribution in [3.05, 3.63) is 71.8 Å². The Labute approximate surface area is 287 Å². The fourth-order valence-corrected chi connectivity index (χ4v) is 4.67. The maximum Gasteiger partial charge on any atom is 0.305 e. The highest BCUT2D eigenvalue weighted by Gasteiger charge is 2.16. The molecular formula is C38H56O10. The second kappa shape index (κ2) is 24.9. The lowest BCUT2D eigenvalue weighted by Crippen LogP contribution is -2.14. The largest absolute Gasteiger partial charge is 0.497 e. The molecule has 0 aliphatic rings. The number of carbonyl (C=O) groups is 1. The first kappa shape index (κ1) is 41.9. The highest BCUT2D eigenvalue weighted by atomic mass is 17.2. The van der Waals surface area contributed by atoms with Crippen molar-refractivity contribution in [2.45, 2.75) is 52.4 Å². The summed E-state index contributed by atoms with van der Waals surface area (Å²) in [5.41, 5.74) is 2.52. The Hall–Kier alpha value is -4.15. The van der Waals surface area contributed by atoms with Crippen molar-refractivity contribution in [1.29, 1.82) is 0 Å². The van der Waals surface area contributed by atoms with Gasteiger partial charge in [-0.25, -0.2) is 9.78 Å². The van der Waals surface area contributed by atoms with Crippen LogP contribution < -0.4 is 28.4 Å². The maximum absolute atomic E-state index is 10.6. The Morgan fingerprint density at radius 3 is 1.33 bits per heavy atom. The normalized spacial score (nSPS) is 11.4. The van der Waals surface area contributed by atoms with E-state index in [1.54, 1.807) is 42.7 Å². The smallest absolute Gasteiger partial charge is 0.305 e. The van der Waals surface area contributed by atoms with Crippen LogP contribution in [-0.2, 0) is 32.1 Å². The molecule has 10 heteroatoms. The molecule has 0 spiro atoms. The topological polar surface area (TPSA) is 100 Å². The van der Waals surface area contributed by atoms with Crippen LogP contribution in [0.4, 0.5) is 0 Å². The van der Waals surface area contributed by atoms with E-state index in [2.05, 4.69) is 52.6 Å². The van der Waals surface area contributed by atoms with Gasteiger partial charge in [-0.3, -0.25) is 4.79 Å². The number of hydrogen-bond acceptors (Lipinski definition) is 10. The van der Waals surface area contributed by atoms with Crippen molar-refractivity contribution in [1.82, 2.24) is 0 Å². The van der Waals surface area contributed by atoms with Crippen molar-refractivity contribution in [2.24, 2.45) is 11.8 Å². The molecule has 0 aromatic heterocycles. The molecule has 0 aliphatic carbocycles. The average Bonchev–Trinajstić information content (AvgIpc) is 3.13. The van der Waals surface area contributed by atoms with E-state index in [-0.39, 0.29) is 5.97 Å². The van der Waals surface area contributed by atoms with Crippen LogP contribution in [0, 0.1) is 11.8 Å². The van der Waals surface area contributed by atoms with Gasteiger partial charge in [-0.1, -0.05) is 32.4 Å². The standard InChI is InChI=1S/C22H30O4.C8H16O4.C8H10O2/c1-15(11-17-7-9-19(23-3)21(13-17)25-5)16(2)12-18-8-10-20(24-4)22(14-18)26-6;1-10-8(9)6-4-3-5-7-12-11-2;1-9-7-3-5-8(10-2)6-4-7/h7-10,13-16H,11-12H2,1-6H3;3-7H2,1-2H3;3-6H,1-2H3. The van der Waals surface area contributed by atoms with Gasteiger partial charge in [-0.2, -0.15) is 0 Å². The SMILES string of the molecule is COOCCCCCC(=O)OC.COc1ccc(CC(C)C(C)Cc2ccc(OC)c(OC)c2)cc1OC.COc1ccc(OC)cc1. The van der Waals surface area contributed by atoms with Crippen LogP contribution in [0.2, 0.25) is 0 Å². The average molecular weight is 673 g/mol. The molecule has 268 valence electrons. The fraction of sp³-hybridized carbons (Fsp3) is 0.500. The molecule has 0 amide bonds. The lowest BCUT2D eigenvalue weighted by atomic mass is 9.85. The highest BCUT2D eigenvalue weighted by Crippen LogP contribution is 2.32. The zero-order valence-electron chi connectivity index (χ0n) is 30.5. The molecule has 0 saturated carbocycles. The van der Waals surface area contributed by atoms with E-state index < -0.39 is 0 Å². The maximum atomic E-state index is 10.6. The summed E-state index contributed by atoms with van der Waals surface area (Å²) >= 11 is 0. The minimum absolute atomic E-state index is 0.150. The third-order valence-corrected chi connectivity index (χ3v) is 7.73. The summed E-state index contributed by atoms with van der Waals surface area (Å²) in [7, 11) is 12.8. The van der Waals surface area contributed by atoms with Crippen LogP contribution in [0.5, 0.6) is 34.5 Å². The summed E-state index contributed by atoms with van der Waals surface area (Å²) in [5, 5.41) is 0. The van der Waals surface area contributed by atoms with Crippen molar-refractivity contribution < 1.29 is 47.7 Å². The number of benzene rings is 3. The molecule has 0 heterocycles. The highest BCUT2D eigenvalue weighted by molar-refractivity contribution is 5.68. The Morgan fingerprint density at radius 2 is 0.979 bits per heavy atom. The lowest BCUT2D eigenvalue weighted by molar-refractivity contribution is -0.272. The molecule has 3 rings (SSSR count). The number of methoxy groups -OCH3 is 7. The minimum atomic E-state index is -0.150. The van der Waals surface area contributed by atoms with Gasteiger partial charge in [-0.15, -0.1) is 0 Å². The first-order valence-corrected chi connectivity index (χ1v) is 16.0. The number of unbranched alkanes of at least 4 members (excludes halogenated alkanes) is 2. The first-order chi connectivity index (χ1) is 23.2. The van der Waals surface area contributed by atoms with E-state index in [1.807, 2.05) is 36.4 Å².